The second-order valence-electron chi connectivity index (χ2n) is 8.81. The fraction of sp³-hybridized carbons (Fsp3) is 0.207. The van der Waals surface area contributed by atoms with Crippen LogP contribution in [0, 0.1) is 33.4 Å². The molecule has 0 amide bonds. The molecule has 42 heavy (non-hydrogen) atoms. The van der Waals surface area contributed by atoms with E-state index in [2.05, 4.69) is 5.32 Å². The molecule has 13 heteroatoms. The molecule has 2 heterocycles. The number of rotatable bonds is 12. The van der Waals surface area contributed by atoms with Crippen molar-refractivity contribution < 1.29 is 41.5 Å². The number of ketones is 1. The van der Waals surface area contributed by atoms with Crippen molar-refractivity contribution in [3.05, 3.63) is 99.1 Å². The summed E-state index contributed by atoms with van der Waals surface area (Å²) >= 11 is 0. The predicted molar refractivity (Wildman–Crippen MR) is 147 cm³/mol. The van der Waals surface area contributed by atoms with Gasteiger partial charge in [0.25, 0.3) is 0 Å². The maximum absolute atomic E-state index is 16.1. The number of benzene rings is 2. The highest BCUT2D eigenvalue weighted by atomic mass is 19.2. The van der Waals surface area contributed by atoms with E-state index in [9.17, 15) is 28.1 Å². The summed E-state index contributed by atoms with van der Waals surface area (Å²) in [7, 11) is 2.71. The minimum Gasteiger partial charge on any atom is -0.501 e. The first-order valence-electron chi connectivity index (χ1n) is 12.5. The number of fused-ring (bicyclic) bond motifs is 1. The predicted octanol–water partition coefficient (Wildman–Crippen LogP) is 6.38. The number of pyridine rings is 1. The molecule has 0 fully saturated rings. The summed E-state index contributed by atoms with van der Waals surface area (Å²) in [6, 6.07) is 6.72. The van der Waals surface area contributed by atoms with Crippen LogP contribution in [0.5, 0.6) is 5.75 Å². The number of methoxy groups -OCH3 is 2. The van der Waals surface area contributed by atoms with Crippen LogP contribution >= 0.6 is 0 Å². The van der Waals surface area contributed by atoms with Gasteiger partial charge in [-0.25, -0.2) is 13.2 Å². The highest BCUT2D eigenvalue weighted by Crippen LogP contribution is 2.44. The van der Waals surface area contributed by atoms with Crippen LogP contribution in [0.25, 0.3) is 22.7 Å². The van der Waals surface area contributed by atoms with E-state index >= 15 is 4.39 Å². The maximum atomic E-state index is 16.1. The lowest BCUT2D eigenvalue weighted by molar-refractivity contribution is -0.386. The Morgan fingerprint density at radius 2 is 1.81 bits per heavy atom. The second kappa shape index (κ2) is 12.7. The Kier molecular flexibility index (Phi) is 9.11. The number of nitro groups is 1. The maximum Gasteiger partial charge on any atom is 0.328 e. The molecule has 0 bridgehead atoms. The number of hydrogen-bond acceptors (Lipinski definition) is 7. The van der Waals surface area contributed by atoms with Gasteiger partial charge in [-0.05, 0) is 37.3 Å². The monoisotopic (exact) mass is 587 g/mol. The normalized spacial score (nSPS) is 11.3. The molecule has 0 aliphatic rings. The third-order valence-corrected chi connectivity index (χ3v) is 6.31. The van der Waals surface area contributed by atoms with Crippen LogP contribution in [-0.4, -0.2) is 49.1 Å². The highest BCUT2D eigenvalue weighted by molar-refractivity contribution is 6.10. The molecule has 4 rings (SSSR count). The van der Waals surface area contributed by atoms with E-state index in [0.717, 1.165) is 0 Å². The van der Waals surface area contributed by atoms with Crippen molar-refractivity contribution >= 4 is 28.8 Å². The molecule has 0 atom stereocenters. The molecular formula is C29H25F4N3O6. The van der Waals surface area contributed by atoms with Crippen LogP contribution in [-0.2, 0) is 9.47 Å². The first-order valence-corrected chi connectivity index (χ1v) is 12.5. The molecule has 2 aromatic carbocycles. The van der Waals surface area contributed by atoms with Crippen molar-refractivity contribution in [3.63, 3.8) is 0 Å². The van der Waals surface area contributed by atoms with Gasteiger partial charge in [-0.2, -0.15) is 4.39 Å². The quantitative estimate of drug-likeness (QED) is 0.0390. The number of ether oxygens (including phenoxy) is 3. The standard InChI is InChI=1S/C29H25F4N3O6/c1-4-42-10-7-16-14-22(29(37)17-12-19(30)25(32)20(31)13-17)35-9-5-6-18(27(16)35)24-23(41-3)15-21(34-8-11-40-2)28(26(24)33)36(38)39/h5-7,9-10,12-15,34H,4,8,11H2,1-3H3/b10-7+. The number of carbonyl (C=O) groups excluding carboxylic acids is 1. The molecule has 4 aromatic rings. The fourth-order valence-corrected chi connectivity index (χ4v) is 4.47. The number of anilines is 1. The molecule has 0 saturated heterocycles. The van der Waals surface area contributed by atoms with E-state index in [1.54, 1.807) is 6.92 Å². The van der Waals surface area contributed by atoms with Gasteiger partial charge in [-0.1, -0.05) is 6.07 Å². The van der Waals surface area contributed by atoms with Gasteiger partial charge in [0.15, 0.2) is 17.5 Å². The van der Waals surface area contributed by atoms with E-state index < -0.39 is 45.2 Å². The van der Waals surface area contributed by atoms with Crippen molar-refractivity contribution in [1.29, 1.82) is 0 Å². The lowest BCUT2D eigenvalue weighted by Gasteiger charge is -2.16. The van der Waals surface area contributed by atoms with Crippen LogP contribution in [0.3, 0.4) is 0 Å². The Bertz CT molecular complexity index is 1680. The molecular weight excluding hydrogens is 562 g/mol. The summed E-state index contributed by atoms with van der Waals surface area (Å²) in [5.74, 6) is -6.94. The van der Waals surface area contributed by atoms with Gasteiger partial charge in [0.05, 0.1) is 48.3 Å². The minimum absolute atomic E-state index is 0.0531. The van der Waals surface area contributed by atoms with Gasteiger partial charge in [0.1, 0.15) is 11.4 Å². The van der Waals surface area contributed by atoms with Crippen molar-refractivity contribution in [2.24, 2.45) is 0 Å². The number of nitro benzene ring substituents is 1. The summed E-state index contributed by atoms with van der Waals surface area (Å²) < 4.78 is 74.6. The second-order valence-corrected chi connectivity index (χ2v) is 8.81. The van der Waals surface area contributed by atoms with Crippen LogP contribution in [0.15, 0.2) is 48.9 Å². The van der Waals surface area contributed by atoms with Gasteiger partial charge in [-0.15, -0.1) is 0 Å². The van der Waals surface area contributed by atoms with Crippen molar-refractivity contribution in [2.45, 2.75) is 6.92 Å². The first-order chi connectivity index (χ1) is 20.1. The number of halogens is 4. The summed E-state index contributed by atoms with van der Waals surface area (Å²) in [6.07, 6.45) is 4.25. The SMILES string of the molecule is CCO/C=C/c1cc(C(=O)c2cc(F)c(F)c(F)c2)n2cccc(-c3c(OC)cc(NCCOC)c([N+](=O)[O-])c3F)c12. The zero-order valence-electron chi connectivity index (χ0n) is 22.7. The average Bonchev–Trinajstić information content (AvgIpc) is 3.34. The van der Waals surface area contributed by atoms with E-state index in [1.165, 1.54) is 61.4 Å². The smallest absolute Gasteiger partial charge is 0.328 e. The van der Waals surface area contributed by atoms with Gasteiger partial charge < -0.3 is 23.9 Å². The molecule has 0 saturated carbocycles. The Balaban J connectivity index is 2.01. The number of hydrogen-bond donors (Lipinski definition) is 1. The molecule has 0 spiro atoms. The lowest BCUT2D eigenvalue weighted by atomic mass is 10.00. The van der Waals surface area contributed by atoms with Crippen molar-refractivity contribution in [2.75, 3.05) is 39.3 Å². The molecule has 1 N–H and O–H groups in total. The topological polar surface area (TPSA) is 104 Å². The summed E-state index contributed by atoms with van der Waals surface area (Å²) in [6.45, 7) is 2.39. The first kappa shape index (κ1) is 30.1. The van der Waals surface area contributed by atoms with E-state index in [4.69, 9.17) is 14.2 Å². The third-order valence-electron chi connectivity index (χ3n) is 6.31. The van der Waals surface area contributed by atoms with E-state index in [0.29, 0.717) is 24.3 Å². The Labute approximate surface area is 237 Å². The Morgan fingerprint density at radius 3 is 2.43 bits per heavy atom. The number of aromatic nitrogens is 1. The Hall–Kier alpha value is -4.91. The summed E-state index contributed by atoms with van der Waals surface area (Å²) in [5, 5.41) is 14.8. The number of nitrogens with one attached hydrogen (secondary N) is 1. The number of nitrogens with zero attached hydrogens (tertiary/aromatic N) is 2. The van der Waals surface area contributed by atoms with Gasteiger partial charge in [0, 0.05) is 42.6 Å². The largest absolute Gasteiger partial charge is 0.501 e. The fourth-order valence-electron chi connectivity index (χ4n) is 4.47. The highest BCUT2D eigenvalue weighted by Gasteiger charge is 2.30. The lowest BCUT2D eigenvalue weighted by Crippen LogP contribution is -2.11. The zero-order chi connectivity index (χ0) is 30.6. The molecule has 220 valence electrons. The molecule has 2 aromatic heterocycles. The van der Waals surface area contributed by atoms with Gasteiger partial charge in [-0.3, -0.25) is 14.9 Å². The average molecular weight is 588 g/mol. The zero-order valence-corrected chi connectivity index (χ0v) is 22.7. The number of carbonyl (C=O) groups is 1. The molecule has 0 radical (unpaired) electrons. The third kappa shape index (κ3) is 5.63. The molecule has 0 unspecified atom stereocenters. The van der Waals surface area contributed by atoms with Crippen LogP contribution in [0.2, 0.25) is 0 Å². The minimum atomic E-state index is -1.72. The van der Waals surface area contributed by atoms with Crippen LogP contribution in [0.4, 0.5) is 28.9 Å². The summed E-state index contributed by atoms with van der Waals surface area (Å²) in [5.41, 5.74) is -1.22. The van der Waals surface area contributed by atoms with E-state index in [1.807, 2.05) is 0 Å². The van der Waals surface area contributed by atoms with Crippen LogP contribution in [0.1, 0.15) is 28.5 Å². The molecule has 0 aliphatic carbocycles. The van der Waals surface area contributed by atoms with E-state index in [-0.39, 0.29) is 46.9 Å². The Morgan fingerprint density at radius 1 is 1.10 bits per heavy atom. The summed E-state index contributed by atoms with van der Waals surface area (Å²) in [4.78, 5) is 24.5. The van der Waals surface area contributed by atoms with Crippen molar-refractivity contribution in [3.8, 4) is 16.9 Å². The molecule has 0 aliphatic heterocycles. The van der Waals surface area contributed by atoms with Gasteiger partial charge >= 0.3 is 5.69 Å². The van der Waals surface area contributed by atoms with Crippen molar-refractivity contribution in [1.82, 2.24) is 4.40 Å². The van der Waals surface area contributed by atoms with Crippen LogP contribution < -0.4 is 10.1 Å². The molecule has 9 nitrogen and oxygen atoms in total. The van der Waals surface area contributed by atoms with Gasteiger partial charge in [0.2, 0.25) is 11.6 Å².